The molecule has 1 aromatic carbocycles. The van der Waals surface area contributed by atoms with Crippen LogP contribution in [0.2, 0.25) is 0 Å². The van der Waals surface area contributed by atoms with E-state index in [0.29, 0.717) is 5.75 Å². The number of methoxy groups -OCH3 is 2. The minimum atomic E-state index is -1.43. The van der Waals surface area contributed by atoms with Crippen LogP contribution < -0.4 is 9.47 Å². The van der Waals surface area contributed by atoms with Gasteiger partial charge in [-0.1, -0.05) is 6.07 Å². The Morgan fingerprint density at radius 2 is 1.89 bits per heavy atom. The number of carboxylic acid groups (broad SMARTS) is 1. The van der Waals surface area contributed by atoms with Gasteiger partial charge in [-0.25, -0.2) is 9.59 Å². The van der Waals surface area contributed by atoms with Crippen molar-refractivity contribution in [1.29, 1.82) is 0 Å². The number of ether oxygens (including phenoxy) is 3. The Hall–Kier alpha value is -2.50. The zero-order valence-electron chi connectivity index (χ0n) is 9.88. The molecule has 0 fully saturated rings. The van der Waals surface area contributed by atoms with Crippen LogP contribution >= 0.6 is 0 Å². The summed E-state index contributed by atoms with van der Waals surface area (Å²) in [4.78, 5) is 22.3. The smallest absolute Gasteiger partial charge is 0.354 e. The van der Waals surface area contributed by atoms with E-state index in [2.05, 4.69) is 4.74 Å². The normalized spacial score (nSPS) is 10.7. The van der Waals surface area contributed by atoms with Crippen molar-refractivity contribution >= 4 is 11.9 Å². The van der Waals surface area contributed by atoms with Gasteiger partial charge in [0, 0.05) is 6.07 Å². The summed E-state index contributed by atoms with van der Waals surface area (Å²) in [6.07, 6.45) is 0.810. The predicted molar refractivity (Wildman–Crippen MR) is 61.4 cm³/mol. The molecule has 0 radical (unpaired) electrons. The second-order valence-electron chi connectivity index (χ2n) is 3.14. The van der Waals surface area contributed by atoms with Gasteiger partial charge in [0.2, 0.25) is 0 Å². The van der Waals surface area contributed by atoms with Crippen molar-refractivity contribution in [2.75, 3.05) is 14.2 Å². The van der Waals surface area contributed by atoms with Crippen LogP contribution in [-0.4, -0.2) is 31.3 Å². The lowest BCUT2D eigenvalue weighted by Crippen LogP contribution is -2.18. The molecule has 0 aliphatic carbocycles. The number of hydrogen-bond donors (Lipinski definition) is 1. The number of benzene rings is 1. The first-order valence-electron chi connectivity index (χ1n) is 4.91. The van der Waals surface area contributed by atoms with Gasteiger partial charge in [-0.05, 0) is 12.1 Å². The molecule has 0 saturated heterocycles. The molecule has 0 heterocycles. The number of esters is 1. The summed E-state index contributed by atoms with van der Waals surface area (Å²) >= 11 is 0. The first-order chi connectivity index (χ1) is 8.58. The lowest BCUT2D eigenvalue weighted by molar-refractivity contribution is -0.139. The molecule has 0 spiro atoms. The van der Waals surface area contributed by atoms with Gasteiger partial charge in [-0.2, -0.15) is 0 Å². The second kappa shape index (κ2) is 6.29. The molecule has 0 bridgehead atoms. The molecule has 6 heteroatoms. The van der Waals surface area contributed by atoms with Crippen molar-refractivity contribution < 1.29 is 28.9 Å². The fourth-order valence-electron chi connectivity index (χ4n) is 1.13. The van der Waals surface area contributed by atoms with Crippen molar-refractivity contribution in [3.8, 4) is 11.5 Å². The average Bonchev–Trinajstić information content (AvgIpc) is 2.35. The Kier molecular flexibility index (Phi) is 4.74. The first-order valence-corrected chi connectivity index (χ1v) is 4.91. The number of carbonyl (C=O) groups excluding carboxylic acids is 1. The van der Waals surface area contributed by atoms with E-state index < -0.39 is 17.5 Å². The van der Waals surface area contributed by atoms with Gasteiger partial charge in [0.15, 0.2) is 5.57 Å². The minimum Gasteiger partial charge on any atom is -0.503 e. The van der Waals surface area contributed by atoms with Crippen LogP contribution in [-0.2, 0) is 14.3 Å². The molecule has 0 aliphatic heterocycles. The minimum absolute atomic E-state index is 0.183. The summed E-state index contributed by atoms with van der Waals surface area (Å²) < 4.78 is 14.3. The predicted octanol–water partition coefficient (Wildman–Crippen LogP) is 1.22. The van der Waals surface area contributed by atoms with E-state index in [1.807, 2.05) is 0 Å². The Labute approximate surface area is 103 Å². The second-order valence-corrected chi connectivity index (χ2v) is 3.14. The summed E-state index contributed by atoms with van der Waals surface area (Å²) in [6, 6.07) is 6.25. The quantitative estimate of drug-likeness (QED) is 0.212. The molecular formula is C12H12O6. The van der Waals surface area contributed by atoms with E-state index in [9.17, 15) is 9.59 Å². The standard InChI is InChI=1S/C12H12O6/c1-16-7-10(11(13)14)12(15)18-9-5-3-4-8(6-9)17-2/h3-7H,1-2H3,(H,13,14). The Bertz CT molecular complexity index is 477. The summed E-state index contributed by atoms with van der Waals surface area (Å²) in [7, 11) is 2.70. The molecule has 1 aromatic rings. The number of carboxylic acids is 1. The maximum atomic E-state index is 11.6. The number of aliphatic carboxylic acids is 1. The summed E-state index contributed by atoms with van der Waals surface area (Å²) in [5.41, 5.74) is -0.597. The van der Waals surface area contributed by atoms with Crippen molar-refractivity contribution in [2.24, 2.45) is 0 Å². The third kappa shape index (κ3) is 3.51. The molecule has 1 N–H and O–H groups in total. The van der Waals surface area contributed by atoms with Gasteiger partial charge in [0.25, 0.3) is 0 Å². The highest BCUT2D eigenvalue weighted by atomic mass is 16.5. The van der Waals surface area contributed by atoms with E-state index in [4.69, 9.17) is 14.6 Å². The third-order valence-electron chi connectivity index (χ3n) is 1.94. The summed E-state index contributed by atoms with van der Waals surface area (Å²) in [6.45, 7) is 0. The maximum absolute atomic E-state index is 11.6. The van der Waals surface area contributed by atoms with Crippen LogP contribution in [0.3, 0.4) is 0 Å². The molecule has 18 heavy (non-hydrogen) atoms. The van der Waals surface area contributed by atoms with E-state index >= 15 is 0 Å². The van der Waals surface area contributed by atoms with Gasteiger partial charge in [-0.3, -0.25) is 0 Å². The molecule has 0 saturated carbocycles. The topological polar surface area (TPSA) is 82.1 Å². The zero-order chi connectivity index (χ0) is 13.5. The van der Waals surface area contributed by atoms with Crippen molar-refractivity contribution in [3.63, 3.8) is 0 Å². The van der Waals surface area contributed by atoms with E-state index in [1.54, 1.807) is 12.1 Å². The van der Waals surface area contributed by atoms with Gasteiger partial charge < -0.3 is 19.3 Å². The van der Waals surface area contributed by atoms with Crippen molar-refractivity contribution in [3.05, 3.63) is 36.1 Å². The Balaban J connectivity index is 2.86. The average molecular weight is 252 g/mol. The van der Waals surface area contributed by atoms with Gasteiger partial charge in [0.1, 0.15) is 17.8 Å². The zero-order valence-corrected chi connectivity index (χ0v) is 9.88. The van der Waals surface area contributed by atoms with Crippen LogP contribution in [0.25, 0.3) is 0 Å². The van der Waals surface area contributed by atoms with E-state index in [1.165, 1.54) is 26.4 Å². The highest BCUT2D eigenvalue weighted by Gasteiger charge is 2.20. The van der Waals surface area contributed by atoms with E-state index in [-0.39, 0.29) is 5.75 Å². The van der Waals surface area contributed by atoms with Crippen LogP contribution in [0.5, 0.6) is 11.5 Å². The molecule has 96 valence electrons. The molecule has 0 aromatic heterocycles. The largest absolute Gasteiger partial charge is 0.503 e. The lowest BCUT2D eigenvalue weighted by atomic mass is 10.3. The summed E-state index contributed by atoms with van der Waals surface area (Å²) in [5, 5.41) is 8.78. The van der Waals surface area contributed by atoms with E-state index in [0.717, 1.165) is 6.26 Å². The Morgan fingerprint density at radius 1 is 1.22 bits per heavy atom. The van der Waals surface area contributed by atoms with Crippen LogP contribution in [0, 0.1) is 0 Å². The van der Waals surface area contributed by atoms with Crippen LogP contribution in [0.4, 0.5) is 0 Å². The monoisotopic (exact) mass is 252 g/mol. The van der Waals surface area contributed by atoms with Crippen LogP contribution in [0.15, 0.2) is 36.1 Å². The number of carbonyl (C=O) groups is 2. The number of hydrogen-bond acceptors (Lipinski definition) is 5. The SMILES string of the molecule is COC=C(C(=O)O)C(=O)Oc1cccc(OC)c1. The molecule has 0 amide bonds. The maximum Gasteiger partial charge on any atom is 0.354 e. The highest BCUT2D eigenvalue weighted by molar-refractivity contribution is 6.13. The molecule has 0 atom stereocenters. The van der Waals surface area contributed by atoms with Gasteiger partial charge >= 0.3 is 11.9 Å². The first kappa shape index (κ1) is 13.6. The lowest BCUT2D eigenvalue weighted by Gasteiger charge is -2.06. The molecular weight excluding hydrogens is 240 g/mol. The molecule has 6 nitrogen and oxygen atoms in total. The van der Waals surface area contributed by atoms with Gasteiger partial charge in [0.05, 0.1) is 14.2 Å². The summed E-state index contributed by atoms with van der Waals surface area (Å²) in [5.74, 6) is -1.77. The van der Waals surface area contributed by atoms with Gasteiger partial charge in [-0.15, -0.1) is 0 Å². The van der Waals surface area contributed by atoms with Crippen molar-refractivity contribution in [2.45, 2.75) is 0 Å². The fraction of sp³-hybridized carbons (Fsp3) is 0.167. The molecule has 1 rings (SSSR count). The Morgan fingerprint density at radius 3 is 2.44 bits per heavy atom. The van der Waals surface area contributed by atoms with Crippen molar-refractivity contribution in [1.82, 2.24) is 0 Å². The fourth-order valence-corrected chi connectivity index (χ4v) is 1.13. The number of rotatable bonds is 5. The molecule has 0 unspecified atom stereocenters. The van der Waals surface area contributed by atoms with Crippen LogP contribution in [0.1, 0.15) is 0 Å². The highest BCUT2D eigenvalue weighted by Crippen LogP contribution is 2.19. The third-order valence-corrected chi connectivity index (χ3v) is 1.94. The molecule has 0 aliphatic rings.